The predicted octanol–water partition coefficient (Wildman–Crippen LogP) is 16.7. The van der Waals surface area contributed by atoms with Crippen LogP contribution < -0.4 is 0 Å². The second kappa shape index (κ2) is 17.6. The van der Waals surface area contributed by atoms with Gasteiger partial charge in [0.05, 0.1) is 0 Å². The first-order valence-corrected chi connectivity index (χ1v) is 29.9. The molecule has 0 bridgehead atoms. The Kier molecular flexibility index (Phi) is 12.2. The highest BCUT2D eigenvalue weighted by atomic mass is 15.3. The van der Waals surface area contributed by atoms with E-state index >= 15 is 0 Å². The molecule has 65 heavy (non-hydrogen) atoms. The minimum absolute atomic E-state index is 0.177. The van der Waals surface area contributed by atoms with E-state index in [0.717, 1.165) is 77.8 Å². The van der Waals surface area contributed by atoms with Crippen molar-refractivity contribution in [3.63, 3.8) is 0 Å². The molecule has 12 aliphatic rings. The Bertz CT molecular complexity index is 1850. The third-order valence-corrected chi connectivity index (χ3v) is 24.1. The summed E-state index contributed by atoms with van der Waals surface area (Å²) in [5.74, 6) is 10.2. The topological polar surface area (TPSA) is 6.48 Å². The third kappa shape index (κ3) is 7.51. The van der Waals surface area contributed by atoms with E-state index in [1.807, 2.05) is 16.7 Å². The van der Waals surface area contributed by atoms with E-state index < -0.39 is 0 Å². The fraction of sp³-hybridized carbons (Fsp3) is 0.871. The van der Waals surface area contributed by atoms with E-state index in [1.165, 1.54) is 135 Å². The van der Waals surface area contributed by atoms with Crippen LogP contribution in [0.2, 0.25) is 11.6 Å². The second-order valence-corrected chi connectivity index (χ2v) is 28.2. The van der Waals surface area contributed by atoms with E-state index in [9.17, 15) is 0 Å². The van der Waals surface area contributed by atoms with Gasteiger partial charge in [0, 0.05) is 40.8 Å². The largest absolute Gasteiger partial charge is 0.363 e. The fourth-order valence-corrected chi connectivity index (χ4v) is 20.9. The molecule has 3 heterocycles. The van der Waals surface area contributed by atoms with E-state index in [0.29, 0.717) is 28.8 Å². The quantitative estimate of drug-likeness (QED) is 0.201. The van der Waals surface area contributed by atoms with Gasteiger partial charge in [0.1, 0.15) is 0 Å². The van der Waals surface area contributed by atoms with Crippen LogP contribution in [0.1, 0.15) is 234 Å². The van der Waals surface area contributed by atoms with Crippen LogP contribution in [0.15, 0.2) is 46.6 Å². The van der Waals surface area contributed by atoms with Crippen LogP contribution in [0.4, 0.5) is 0 Å². The van der Waals surface area contributed by atoms with E-state index in [2.05, 4.69) is 75.6 Å². The molecule has 0 aromatic carbocycles. The molecule has 6 saturated carbocycles. The van der Waals surface area contributed by atoms with Gasteiger partial charge in [-0.15, -0.1) is 0 Å². The average Bonchev–Trinajstić information content (AvgIpc) is 3.52. The molecule has 3 heteroatoms. The first kappa shape index (κ1) is 45.0. The minimum Gasteiger partial charge on any atom is -0.363 e. The maximum absolute atomic E-state index is 3.55. The van der Waals surface area contributed by atoms with Gasteiger partial charge < -0.3 is 4.90 Å². The van der Waals surface area contributed by atoms with Crippen molar-refractivity contribution < 1.29 is 0 Å². The number of nitrogens with zero attached hydrogens (tertiary/aromatic N) is 2. The molecule has 0 aromatic heterocycles. The Hall–Kier alpha value is -1.22. The molecule has 0 radical (unpaired) electrons. The summed E-state index contributed by atoms with van der Waals surface area (Å²) in [6, 6.07) is 2.88. The summed E-state index contributed by atoms with van der Waals surface area (Å²) in [4.78, 5) is 6.84. The van der Waals surface area contributed by atoms with Gasteiger partial charge in [0.25, 0.3) is 0 Å². The van der Waals surface area contributed by atoms with Crippen molar-refractivity contribution in [1.29, 1.82) is 0 Å². The zero-order valence-corrected chi connectivity index (χ0v) is 43.2. The maximum atomic E-state index is 3.55. The third-order valence-electron chi connectivity index (χ3n) is 24.1. The van der Waals surface area contributed by atoms with Crippen molar-refractivity contribution in [2.24, 2.45) is 64.1 Å². The van der Waals surface area contributed by atoms with E-state index in [-0.39, 0.29) is 5.54 Å². The van der Waals surface area contributed by atoms with Gasteiger partial charge in [0.15, 0.2) is 6.71 Å². The first-order valence-electron chi connectivity index (χ1n) is 29.9. The van der Waals surface area contributed by atoms with Crippen LogP contribution in [-0.4, -0.2) is 46.2 Å². The van der Waals surface area contributed by atoms with Gasteiger partial charge in [-0.25, -0.2) is 0 Å². The smallest absolute Gasteiger partial charge is 0.185 e. The van der Waals surface area contributed by atoms with Gasteiger partial charge in [-0.3, -0.25) is 4.90 Å². The lowest BCUT2D eigenvalue weighted by molar-refractivity contribution is -0.0555. The molecule has 358 valence electrons. The molecule has 2 nitrogen and oxygen atoms in total. The molecule has 12 rings (SSSR count). The molecule has 11 atom stereocenters. The standard InChI is InChI=1S/C62H97BN2/c1-41-35-56-58-57(36-41)65-59-51(62(61(65,5)6)33-17-10-18-34-62)39-49(60(2,3)4)40-53(59)63(58)52-38-48(44-23-15-9-16-24-44)30-32-55(52)64(56)54-31-29-47(43-21-13-8-14-22-43)37-50(54)46-27-25-45(26-28-46)42-19-11-7-12-20-42/h7,11,35,39,42-50,52,54-58H,8-10,12-34,36-38,40H2,1-6H3. The van der Waals surface area contributed by atoms with Gasteiger partial charge >= 0.3 is 0 Å². The number of hydrogen-bond donors (Lipinski definition) is 0. The lowest BCUT2D eigenvalue weighted by Crippen LogP contribution is -2.71. The fourth-order valence-electron chi connectivity index (χ4n) is 20.9. The van der Waals surface area contributed by atoms with Crippen molar-refractivity contribution in [2.45, 2.75) is 276 Å². The Labute approximate surface area is 401 Å². The van der Waals surface area contributed by atoms with Crippen molar-refractivity contribution >= 4 is 6.71 Å². The van der Waals surface area contributed by atoms with Crippen molar-refractivity contribution in [2.75, 3.05) is 0 Å². The summed E-state index contributed by atoms with van der Waals surface area (Å²) in [5, 5.41) is 0. The van der Waals surface area contributed by atoms with Crippen LogP contribution >= 0.6 is 0 Å². The highest BCUT2D eigenvalue weighted by molar-refractivity contribution is 6.71. The second-order valence-electron chi connectivity index (χ2n) is 28.2. The zero-order chi connectivity index (χ0) is 44.2. The number of fused-ring (bicyclic) bond motifs is 5. The van der Waals surface area contributed by atoms with Crippen molar-refractivity contribution in [3.05, 3.63) is 46.6 Å². The maximum Gasteiger partial charge on any atom is 0.185 e. The Morgan fingerprint density at radius 1 is 0.585 bits per heavy atom. The molecule has 0 amide bonds. The molecule has 1 spiro atoms. The SMILES string of the molecule is CC1=CC2C3B(C4=C5C(=CC(C(C)(C)C)C4)C4(CCCCC4)C(C)(C)N5C3C1)C1CC(C3CCCCC3)CCC1N2C1CCC(C2CCCCC2)CC1C1CCC(C2CC=CCC2)CC1. The van der Waals surface area contributed by atoms with Crippen LogP contribution in [0, 0.1) is 64.1 Å². The summed E-state index contributed by atoms with van der Waals surface area (Å²) in [7, 11) is 0. The van der Waals surface area contributed by atoms with Crippen LogP contribution in [-0.2, 0) is 0 Å². The van der Waals surface area contributed by atoms with Gasteiger partial charge in [-0.1, -0.05) is 146 Å². The number of hydrogen-bond acceptors (Lipinski definition) is 2. The van der Waals surface area contributed by atoms with Crippen LogP contribution in [0.5, 0.6) is 0 Å². The zero-order valence-electron chi connectivity index (χ0n) is 43.2. The summed E-state index contributed by atoms with van der Waals surface area (Å²) >= 11 is 0. The molecule has 11 unspecified atom stereocenters. The molecule has 0 N–H and O–H groups in total. The average molecular weight is 881 g/mol. The van der Waals surface area contributed by atoms with E-state index in [4.69, 9.17) is 0 Å². The summed E-state index contributed by atoms with van der Waals surface area (Å²) in [5.41, 5.74) is 8.35. The van der Waals surface area contributed by atoms with Gasteiger partial charge in [-0.2, -0.15) is 0 Å². The monoisotopic (exact) mass is 881 g/mol. The predicted molar refractivity (Wildman–Crippen MR) is 276 cm³/mol. The number of rotatable bonds is 5. The van der Waals surface area contributed by atoms with Gasteiger partial charge in [-0.05, 0) is 199 Å². The van der Waals surface area contributed by atoms with Crippen molar-refractivity contribution in [1.82, 2.24) is 9.80 Å². The molecule has 0 aromatic rings. The minimum atomic E-state index is 0.177. The highest BCUT2D eigenvalue weighted by Gasteiger charge is 2.69. The first-order chi connectivity index (χ1) is 31.5. The summed E-state index contributed by atoms with van der Waals surface area (Å²) < 4.78 is 0. The van der Waals surface area contributed by atoms with Gasteiger partial charge in [0.2, 0.25) is 0 Å². The lowest BCUT2D eigenvalue weighted by Gasteiger charge is -2.66. The van der Waals surface area contributed by atoms with Crippen molar-refractivity contribution in [3.8, 4) is 0 Å². The molecular weight excluding hydrogens is 784 g/mol. The Morgan fingerprint density at radius 2 is 1.20 bits per heavy atom. The lowest BCUT2D eigenvalue weighted by atomic mass is 9.21. The molecule has 2 saturated heterocycles. The molecule has 3 aliphatic heterocycles. The highest BCUT2D eigenvalue weighted by Crippen LogP contribution is 2.70. The Balaban J connectivity index is 0.967. The molecular formula is C62H97BN2. The molecule has 8 fully saturated rings. The summed E-state index contributed by atoms with van der Waals surface area (Å²) in [6.45, 7) is 16.8. The normalized spacial score (nSPS) is 43.4. The van der Waals surface area contributed by atoms with E-state index in [1.54, 1.807) is 63.4 Å². The Morgan fingerprint density at radius 3 is 1.86 bits per heavy atom. The number of allylic oxidation sites excluding steroid dienone is 5. The van der Waals surface area contributed by atoms with Crippen LogP contribution in [0.25, 0.3) is 0 Å². The van der Waals surface area contributed by atoms with Crippen LogP contribution in [0.3, 0.4) is 0 Å². The molecule has 9 aliphatic carbocycles. The summed E-state index contributed by atoms with van der Waals surface area (Å²) in [6.07, 6.45) is 55.7.